The molecular formula is C28H25FN2O3S2. The summed E-state index contributed by atoms with van der Waals surface area (Å²) in [6.45, 7) is 3.84. The van der Waals surface area contributed by atoms with Crippen LogP contribution in [0.3, 0.4) is 0 Å². The first-order valence-electron chi connectivity index (χ1n) is 11.6. The highest BCUT2D eigenvalue weighted by Gasteiger charge is 2.35. The van der Waals surface area contributed by atoms with Gasteiger partial charge in [-0.25, -0.2) is 12.8 Å². The molecule has 5 nitrogen and oxygen atoms in total. The lowest BCUT2D eigenvalue weighted by molar-refractivity contribution is -0.133. The van der Waals surface area contributed by atoms with Crippen molar-refractivity contribution in [1.82, 2.24) is 9.21 Å². The van der Waals surface area contributed by atoms with E-state index in [0.717, 1.165) is 26.2 Å². The summed E-state index contributed by atoms with van der Waals surface area (Å²) in [6.07, 6.45) is 2.17. The van der Waals surface area contributed by atoms with E-state index in [-0.39, 0.29) is 29.7 Å². The van der Waals surface area contributed by atoms with E-state index in [9.17, 15) is 17.6 Å². The van der Waals surface area contributed by atoms with E-state index in [1.165, 1.54) is 23.1 Å². The second kappa shape index (κ2) is 9.97. The first-order valence-corrected chi connectivity index (χ1v) is 13.9. The lowest BCUT2D eigenvalue weighted by Crippen LogP contribution is -2.46. The summed E-state index contributed by atoms with van der Waals surface area (Å²) in [7, 11) is -3.96. The van der Waals surface area contributed by atoms with Crippen molar-refractivity contribution in [3.05, 3.63) is 113 Å². The maximum Gasteiger partial charge on any atom is 0.243 e. The van der Waals surface area contributed by atoms with Gasteiger partial charge in [0, 0.05) is 18.0 Å². The first kappa shape index (κ1) is 24.4. The zero-order valence-corrected chi connectivity index (χ0v) is 21.1. The maximum atomic E-state index is 13.7. The Bertz CT molecular complexity index is 1530. The van der Waals surface area contributed by atoms with Crippen LogP contribution in [0.25, 0.3) is 10.8 Å². The molecule has 0 fully saturated rings. The van der Waals surface area contributed by atoms with Crippen molar-refractivity contribution < 1.29 is 17.6 Å². The molecule has 0 bridgehead atoms. The highest BCUT2D eigenvalue weighted by Crippen LogP contribution is 2.38. The first-order chi connectivity index (χ1) is 17.4. The van der Waals surface area contributed by atoms with Gasteiger partial charge in [0.05, 0.1) is 17.5 Å². The molecule has 1 unspecified atom stereocenters. The fraction of sp³-hybridized carbons (Fsp3) is 0.179. The Kier molecular flexibility index (Phi) is 6.75. The summed E-state index contributed by atoms with van der Waals surface area (Å²) in [4.78, 5) is 16.7. The van der Waals surface area contributed by atoms with Crippen molar-refractivity contribution in [2.75, 3.05) is 19.6 Å². The van der Waals surface area contributed by atoms with E-state index < -0.39 is 16.1 Å². The normalized spacial score (nSPS) is 15.7. The van der Waals surface area contributed by atoms with Gasteiger partial charge in [-0.3, -0.25) is 4.79 Å². The van der Waals surface area contributed by atoms with Crippen LogP contribution in [0.5, 0.6) is 0 Å². The molecule has 36 heavy (non-hydrogen) atoms. The molecule has 1 amide bonds. The second-order valence-corrected chi connectivity index (χ2v) is 11.6. The summed E-state index contributed by atoms with van der Waals surface area (Å²) < 4.78 is 42.0. The molecule has 2 heterocycles. The number of nitrogens with zero attached hydrogens (tertiary/aromatic N) is 2. The molecule has 0 saturated heterocycles. The van der Waals surface area contributed by atoms with E-state index >= 15 is 0 Å². The van der Waals surface area contributed by atoms with E-state index in [0.29, 0.717) is 13.0 Å². The van der Waals surface area contributed by atoms with E-state index in [2.05, 4.69) is 6.58 Å². The minimum Gasteiger partial charge on any atom is -0.330 e. The van der Waals surface area contributed by atoms with Crippen molar-refractivity contribution in [2.24, 2.45) is 0 Å². The molecule has 1 aromatic heterocycles. The Morgan fingerprint density at radius 2 is 1.83 bits per heavy atom. The molecular weight excluding hydrogens is 495 g/mol. The van der Waals surface area contributed by atoms with Crippen molar-refractivity contribution >= 4 is 38.0 Å². The molecule has 0 spiro atoms. The van der Waals surface area contributed by atoms with Gasteiger partial charge in [0.15, 0.2) is 0 Å². The molecule has 1 aliphatic rings. The Balaban J connectivity index is 1.46. The molecule has 0 radical (unpaired) electrons. The SMILES string of the molecule is C=CCN(CC(=O)N1CCc2sccc2C1c1ccc(F)cc1)S(=O)(=O)c1ccc2ccccc2c1. The number of sulfonamides is 1. The number of rotatable bonds is 7. The number of carbonyl (C=O) groups is 1. The molecule has 0 aliphatic carbocycles. The average Bonchev–Trinajstić information content (AvgIpc) is 3.37. The Morgan fingerprint density at radius 1 is 1.08 bits per heavy atom. The molecule has 184 valence electrons. The quantitative estimate of drug-likeness (QED) is 0.307. The van der Waals surface area contributed by atoms with Crippen LogP contribution in [0.4, 0.5) is 4.39 Å². The second-order valence-electron chi connectivity index (χ2n) is 8.69. The number of thiophene rings is 1. The molecule has 8 heteroatoms. The van der Waals surface area contributed by atoms with Gasteiger partial charge >= 0.3 is 0 Å². The Morgan fingerprint density at radius 3 is 2.58 bits per heavy atom. The lowest BCUT2D eigenvalue weighted by atomic mass is 9.93. The number of hydrogen-bond donors (Lipinski definition) is 0. The Hall–Kier alpha value is -3.33. The third-order valence-corrected chi connectivity index (χ3v) is 9.28. The zero-order valence-electron chi connectivity index (χ0n) is 19.5. The number of hydrogen-bond acceptors (Lipinski definition) is 4. The summed E-state index contributed by atoms with van der Waals surface area (Å²) in [5.41, 5.74) is 1.79. The van der Waals surface area contributed by atoms with Gasteiger partial charge in [0.2, 0.25) is 15.9 Å². The van der Waals surface area contributed by atoms with Gasteiger partial charge < -0.3 is 4.90 Å². The maximum absolute atomic E-state index is 13.7. The topological polar surface area (TPSA) is 57.7 Å². The summed E-state index contributed by atoms with van der Waals surface area (Å²) in [6, 6.07) is 20.2. The molecule has 1 aliphatic heterocycles. The minimum absolute atomic E-state index is 0.000341. The van der Waals surface area contributed by atoms with Gasteiger partial charge in [-0.05, 0) is 64.0 Å². The number of halogens is 1. The summed E-state index contributed by atoms with van der Waals surface area (Å²) in [5.74, 6) is -0.663. The number of amides is 1. The van der Waals surface area contributed by atoms with Crippen LogP contribution in [0, 0.1) is 5.82 Å². The van der Waals surface area contributed by atoms with E-state index in [1.807, 2.05) is 35.7 Å². The monoisotopic (exact) mass is 520 g/mol. The van der Waals surface area contributed by atoms with Crippen LogP contribution in [0.2, 0.25) is 0 Å². The third kappa shape index (κ3) is 4.59. The standard InChI is InChI=1S/C28H25FN2O3S2/c1-2-15-30(36(33,34)24-12-9-20-5-3-4-6-22(20)18-24)19-27(32)31-16-13-26-25(14-17-35-26)28(31)21-7-10-23(29)11-8-21/h2-12,14,17-18,28H,1,13,15-16,19H2. The van der Waals surface area contributed by atoms with Gasteiger partial charge in [0.25, 0.3) is 0 Å². The van der Waals surface area contributed by atoms with Gasteiger partial charge in [-0.1, -0.05) is 48.5 Å². The molecule has 4 aromatic rings. The highest BCUT2D eigenvalue weighted by atomic mass is 32.2. The molecule has 0 N–H and O–H groups in total. The highest BCUT2D eigenvalue weighted by molar-refractivity contribution is 7.89. The van der Waals surface area contributed by atoms with E-state index in [1.54, 1.807) is 46.6 Å². The van der Waals surface area contributed by atoms with Crippen LogP contribution in [0.1, 0.15) is 22.0 Å². The predicted octanol–water partition coefficient (Wildman–Crippen LogP) is 5.39. The molecule has 1 atom stereocenters. The summed E-state index contributed by atoms with van der Waals surface area (Å²) in [5, 5.41) is 3.73. The summed E-state index contributed by atoms with van der Waals surface area (Å²) >= 11 is 1.63. The molecule has 3 aromatic carbocycles. The van der Waals surface area contributed by atoms with E-state index in [4.69, 9.17) is 0 Å². The third-order valence-electron chi connectivity index (χ3n) is 6.48. The van der Waals surface area contributed by atoms with Gasteiger partial charge in [-0.15, -0.1) is 17.9 Å². The van der Waals surface area contributed by atoms with Crippen molar-refractivity contribution in [1.29, 1.82) is 0 Å². The number of carbonyl (C=O) groups excluding carboxylic acids is 1. The fourth-order valence-electron chi connectivity index (χ4n) is 4.70. The van der Waals surface area contributed by atoms with Crippen molar-refractivity contribution in [3.63, 3.8) is 0 Å². The van der Waals surface area contributed by atoms with Crippen LogP contribution < -0.4 is 0 Å². The Labute approximate surface area is 214 Å². The fourth-order valence-corrected chi connectivity index (χ4v) is 7.00. The lowest BCUT2D eigenvalue weighted by Gasteiger charge is -2.37. The van der Waals surface area contributed by atoms with Crippen molar-refractivity contribution in [2.45, 2.75) is 17.4 Å². The largest absolute Gasteiger partial charge is 0.330 e. The van der Waals surface area contributed by atoms with Crippen LogP contribution in [0.15, 0.2) is 95.7 Å². The van der Waals surface area contributed by atoms with Crippen molar-refractivity contribution in [3.8, 4) is 0 Å². The number of benzene rings is 3. The number of fused-ring (bicyclic) bond motifs is 2. The van der Waals surface area contributed by atoms with Crippen LogP contribution in [-0.4, -0.2) is 43.2 Å². The minimum atomic E-state index is -3.96. The molecule has 5 rings (SSSR count). The average molecular weight is 521 g/mol. The predicted molar refractivity (Wildman–Crippen MR) is 141 cm³/mol. The van der Waals surface area contributed by atoms with Crippen LogP contribution in [-0.2, 0) is 21.2 Å². The molecule has 0 saturated carbocycles. The zero-order chi connectivity index (χ0) is 25.3. The smallest absolute Gasteiger partial charge is 0.243 e. The van der Waals surface area contributed by atoms with Gasteiger partial charge in [0.1, 0.15) is 5.82 Å². The van der Waals surface area contributed by atoms with Crippen LogP contribution >= 0.6 is 11.3 Å². The van der Waals surface area contributed by atoms with Gasteiger partial charge in [-0.2, -0.15) is 4.31 Å².